The Morgan fingerprint density at radius 2 is 1.94 bits per heavy atom. The number of hydrogen-bond acceptors (Lipinski definition) is 3. The van der Waals surface area contributed by atoms with Crippen LogP contribution in [0.1, 0.15) is 31.9 Å². The van der Waals surface area contributed by atoms with Gasteiger partial charge in [0.05, 0.1) is 17.3 Å². The van der Waals surface area contributed by atoms with Gasteiger partial charge in [0.1, 0.15) is 5.41 Å². The first-order chi connectivity index (χ1) is 8.04. The van der Waals surface area contributed by atoms with E-state index in [0.717, 1.165) is 11.3 Å². The molecule has 3 nitrogen and oxygen atoms in total. The third kappa shape index (κ3) is 0.951. The topological polar surface area (TPSA) is 47.8 Å². The summed E-state index contributed by atoms with van der Waals surface area (Å²) >= 11 is 0. The molecule has 3 heteroatoms. The molecule has 1 aromatic rings. The number of hydrogen-bond donors (Lipinski definition) is 2. The van der Waals surface area contributed by atoms with E-state index in [0.29, 0.717) is 0 Å². The van der Waals surface area contributed by atoms with E-state index in [1.807, 2.05) is 12.1 Å². The molecule has 1 atom stereocenters. The highest BCUT2D eigenvalue weighted by molar-refractivity contribution is 5.82. The van der Waals surface area contributed by atoms with Gasteiger partial charge in [-0.25, -0.2) is 5.43 Å². The standard InChI is InChI=1S/C14H15N3/c1-9-10-6-4-5-7-11(10)14(8-15)12(9)16-17-13(14,2)3/h4-7,16-17H,1-3H3. The molecule has 1 unspecified atom stereocenters. The van der Waals surface area contributed by atoms with Gasteiger partial charge in [0.15, 0.2) is 0 Å². The van der Waals surface area contributed by atoms with E-state index < -0.39 is 5.41 Å². The molecule has 1 aliphatic heterocycles. The smallest absolute Gasteiger partial charge is 0.143 e. The van der Waals surface area contributed by atoms with Crippen LogP contribution in [0.3, 0.4) is 0 Å². The normalized spacial score (nSPS) is 28.4. The van der Waals surface area contributed by atoms with Crippen LogP contribution in [0.5, 0.6) is 0 Å². The predicted octanol–water partition coefficient (Wildman–Crippen LogP) is 2.08. The quantitative estimate of drug-likeness (QED) is 0.710. The highest BCUT2D eigenvalue weighted by Gasteiger charge is 2.59. The lowest BCUT2D eigenvalue weighted by atomic mass is 9.69. The molecule has 2 N–H and O–H groups in total. The Bertz CT molecular complexity index is 577. The number of nitrogens with one attached hydrogen (secondary N) is 2. The average molecular weight is 225 g/mol. The SMILES string of the molecule is CC1=C2NNC(C)(C)C2(C#N)c2ccccc21. The van der Waals surface area contributed by atoms with Gasteiger partial charge in [-0.05, 0) is 37.5 Å². The van der Waals surface area contributed by atoms with Gasteiger partial charge in [-0.2, -0.15) is 5.26 Å². The fourth-order valence-electron chi connectivity index (χ4n) is 3.09. The zero-order valence-corrected chi connectivity index (χ0v) is 10.3. The summed E-state index contributed by atoms with van der Waals surface area (Å²) in [4.78, 5) is 0. The summed E-state index contributed by atoms with van der Waals surface area (Å²) in [5.74, 6) is 0. The number of allylic oxidation sites excluding steroid dienone is 1. The Morgan fingerprint density at radius 3 is 2.65 bits per heavy atom. The summed E-state index contributed by atoms with van der Waals surface area (Å²) in [5, 5.41) is 9.76. The van der Waals surface area contributed by atoms with E-state index in [1.165, 1.54) is 11.1 Å². The van der Waals surface area contributed by atoms with Crippen molar-refractivity contribution in [2.45, 2.75) is 31.7 Å². The molecule has 17 heavy (non-hydrogen) atoms. The maximum Gasteiger partial charge on any atom is 0.143 e. The van der Waals surface area contributed by atoms with Crippen molar-refractivity contribution in [1.82, 2.24) is 10.9 Å². The minimum absolute atomic E-state index is 0.315. The van der Waals surface area contributed by atoms with Gasteiger partial charge in [0, 0.05) is 0 Å². The molecule has 0 saturated carbocycles. The van der Waals surface area contributed by atoms with Crippen LogP contribution in [0.2, 0.25) is 0 Å². The number of nitriles is 1. The van der Waals surface area contributed by atoms with Crippen molar-refractivity contribution >= 4 is 5.57 Å². The van der Waals surface area contributed by atoms with Crippen LogP contribution in [-0.4, -0.2) is 5.54 Å². The molecule has 0 amide bonds. The molecule has 1 aromatic carbocycles. The second kappa shape index (κ2) is 2.91. The molecule has 0 aromatic heterocycles. The fourth-order valence-corrected chi connectivity index (χ4v) is 3.09. The van der Waals surface area contributed by atoms with E-state index in [-0.39, 0.29) is 5.54 Å². The number of fused-ring (bicyclic) bond motifs is 3. The summed E-state index contributed by atoms with van der Waals surface area (Å²) in [5.41, 5.74) is 10.00. The average Bonchev–Trinajstić information content (AvgIpc) is 2.73. The first kappa shape index (κ1) is 10.4. The second-order valence-corrected chi connectivity index (χ2v) is 5.28. The third-order valence-electron chi connectivity index (χ3n) is 4.09. The van der Waals surface area contributed by atoms with Crippen molar-refractivity contribution < 1.29 is 0 Å². The first-order valence-electron chi connectivity index (χ1n) is 5.80. The first-order valence-corrected chi connectivity index (χ1v) is 5.80. The molecule has 1 fully saturated rings. The fraction of sp³-hybridized carbons (Fsp3) is 0.357. The van der Waals surface area contributed by atoms with Crippen LogP contribution in [0.25, 0.3) is 5.57 Å². The molecule has 0 radical (unpaired) electrons. The van der Waals surface area contributed by atoms with Gasteiger partial charge in [0.25, 0.3) is 0 Å². The monoisotopic (exact) mass is 225 g/mol. The van der Waals surface area contributed by atoms with Gasteiger partial charge in [-0.3, -0.25) is 0 Å². The van der Waals surface area contributed by atoms with E-state index in [4.69, 9.17) is 0 Å². The number of nitrogens with zero attached hydrogens (tertiary/aromatic N) is 1. The van der Waals surface area contributed by atoms with Gasteiger partial charge in [0.2, 0.25) is 0 Å². The molecule has 2 aliphatic rings. The molecule has 1 saturated heterocycles. The van der Waals surface area contributed by atoms with Gasteiger partial charge < -0.3 is 5.43 Å². The highest BCUT2D eigenvalue weighted by atomic mass is 15.4. The van der Waals surface area contributed by atoms with E-state index in [9.17, 15) is 5.26 Å². The molecule has 1 aliphatic carbocycles. The third-order valence-corrected chi connectivity index (χ3v) is 4.09. The number of rotatable bonds is 0. The Labute approximate surface area is 101 Å². The summed E-state index contributed by atoms with van der Waals surface area (Å²) in [6, 6.07) is 10.7. The van der Waals surface area contributed by atoms with Crippen LogP contribution < -0.4 is 10.9 Å². The maximum absolute atomic E-state index is 9.76. The molecule has 0 spiro atoms. The van der Waals surface area contributed by atoms with Crippen molar-refractivity contribution in [2.75, 3.05) is 0 Å². The van der Waals surface area contributed by atoms with Crippen molar-refractivity contribution in [3.63, 3.8) is 0 Å². The summed E-state index contributed by atoms with van der Waals surface area (Å²) in [6.45, 7) is 6.19. The zero-order chi connectivity index (χ0) is 12.3. The molecule has 0 bridgehead atoms. The molecule has 86 valence electrons. The Kier molecular flexibility index (Phi) is 1.77. The summed E-state index contributed by atoms with van der Waals surface area (Å²) in [7, 11) is 0. The van der Waals surface area contributed by atoms with E-state index in [2.05, 4.69) is 49.8 Å². The summed E-state index contributed by atoms with van der Waals surface area (Å²) < 4.78 is 0. The largest absolute Gasteiger partial charge is 0.323 e. The molecular formula is C14H15N3. The predicted molar refractivity (Wildman–Crippen MR) is 66.7 cm³/mol. The lowest BCUT2D eigenvalue weighted by Crippen LogP contribution is -2.49. The zero-order valence-electron chi connectivity index (χ0n) is 10.3. The van der Waals surface area contributed by atoms with Crippen LogP contribution in [0.4, 0.5) is 0 Å². The van der Waals surface area contributed by atoms with E-state index >= 15 is 0 Å². The van der Waals surface area contributed by atoms with Crippen LogP contribution in [-0.2, 0) is 5.41 Å². The van der Waals surface area contributed by atoms with Crippen molar-refractivity contribution in [2.24, 2.45) is 0 Å². The minimum Gasteiger partial charge on any atom is -0.323 e. The van der Waals surface area contributed by atoms with Crippen LogP contribution in [0.15, 0.2) is 30.0 Å². The maximum atomic E-state index is 9.76. The van der Waals surface area contributed by atoms with Gasteiger partial charge >= 0.3 is 0 Å². The molecular weight excluding hydrogens is 210 g/mol. The van der Waals surface area contributed by atoms with Crippen molar-refractivity contribution in [3.05, 3.63) is 41.1 Å². The number of hydrazine groups is 1. The highest BCUT2D eigenvalue weighted by Crippen LogP contribution is 2.52. The Balaban J connectivity index is 2.41. The van der Waals surface area contributed by atoms with Gasteiger partial charge in [-0.1, -0.05) is 24.3 Å². The van der Waals surface area contributed by atoms with Gasteiger partial charge in [-0.15, -0.1) is 0 Å². The molecule has 1 heterocycles. The van der Waals surface area contributed by atoms with E-state index in [1.54, 1.807) is 0 Å². The lowest BCUT2D eigenvalue weighted by molar-refractivity contribution is 0.350. The number of benzene rings is 1. The lowest BCUT2D eigenvalue weighted by Gasteiger charge is -2.32. The Morgan fingerprint density at radius 1 is 1.24 bits per heavy atom. The van der Waals surface area contributed by atoms with Crippen molar-refractivity contribution in [1.29, 1.82) is 5.26 Å². The van der Waals surface area contributed by atoms with Crippen molar-refractivity contribution in [3.8, 4) is 6.07 Å². The molecule has 3 rings (SSSR count). The Hall–Kier alpha value is -1.79. The van der Waals surface area contributed by atoms with Crippen LogP contribution >= 0.6 is 0 Å². The summed E-state index contributed by atoms with van der Waals surface area (Å²) in [6.07, 6.45) is 0. The second-order valence-electron chi connectivity index (χ2n) is 5.28. The van der Waals surface area contributed by atoms with Crippen LogP contribution in [0, 0.1) is 11.3 Å². The minimum atomic E-state index is -0.590.